The van der Waals surface area contributed by atoms with Crippen LogP contribution in [-0.2, 0) is 16.6 Å². The molecule has 0 unspecified atom stereocenters. The topological polar surface area (TPSA) is 119 Å². The Balaban J connectivity index is 0.00000468. The lowest BCUT2D eigenvalue weighted by atomic mass is 9.87. The van der Waals surface area contributed by atoms with E-state index < -0.39 is 16.1 Å². The molecule has 0 fully saturated rings. The smallest absolute Gasteiger partial charge is 0.264 e. The van der Waals surface area contributed by atoms with Crippen molar-refractivity contribution < 1.29 is 19.4 Å². The SMILES string of the molecule is Cc1cccc(C)c1-c1cc2nc(n1)NS(=O)(=O)c1cccc(c1)C(=O)N(Cc1cn3cccc(C(C)C)c3n1)[C@H](CC(C)(C)C)CO2.[HH]. The first-order chi connectivity index (χ1) is 22.7. The van der Waals surface area contributed by atoms with Gasteiger partial charge in [0.1, 0.15) is 12.3 Å². The van der Waals surface area contributed by atoms with Gasteiger partial charge in [-0.25, -0.2) is 23.1 Å². The molecule has 4 bridgehead atoms. The molecule has 10 nitrogen and oxygen atoms in total. The van der Waals surface area contributed by atoms with Crippen LogP contribution in [0.3, 0.4) is 0 Å². The highest BCUT2D eigenvalue weighted by atomic mass is 32.2. The van der Waals surface area contributed by atoms with E-state index in [1.807, 2.05) is 54.9 Å². The number of rotatable bonds is 5. The van der Waals surface area contributed by atoms with Crippen LogP contribution in [0.15, 0.2) is 78.0 Å². The number of amides is 1. The molecular formula is C37H44N6O4S. The number of ether oxygens (including phenoxy) is 1. The number of imidazole rings is 1. The van der Waals surface area contributed by atoms with Gasteiger partial charge in [0.15, 0.2) is 0 Å². The van der Waals surface area contributed by atoms with E-state index in [2.05, 4.69) is 55.4 Å². The Morgan fingerprint density at radius 3 is 2.44 bits per heavy atom. The van der Waals surface area contributed by atoms with E-state index in [4.69, 9.17) is 9.72 Å². The summed E-state index contributed by atoms with van der Waals surface area (Å²) in [6.45, 7) is 14.9. The van der Waals surface area contributed by atoms with E-state index in [0.717, 1.165) is 27.9 Å². The summed E-state index contributed by atoms with van der Waals surface area (Å²) in [6, 6.07) is 17.4. The zero-order valence-electron chi connectivity index (χ0n) is 28.5. The number of nitrogens with zero attached hydrogens (tertiary/aromatic N) is 5. The first-order valence-corrected chi connectivity index (χ1v) is 17.7. The van der Waals surface area contributed by atoms with Gasteiger partial charge in [-0.1, -0.05) is 65.0 Å². The minimum absolute atomic E-state index is 0. The van der Waals surface area contributed by atoms with Crippen molar-refractivity contribution in [2.45, 2.75) is 78.3 Å². The average Bonchev–Trinajstić information content (AvgIpc) is 3.43. The van der Waals surface area contributed by atoms with Crippen molar-refractivity contribution in [1.82, 2.24) is 24.3 Å². The molecule has 48 heavy (non-hydrogen) atoms. The van der Waals surface area contributed by atoms with E-state index >= 15 is 0 Å². The first-order valence-electron chi connectivity index (χ1n) is 16.2. The van der Waals surface area contributed by atoms with Crippen molar-refractivity contribution in [2.24, 2.45) is 5.41 Å². The molecule has 6 rings (SSSR count). The molecule has 1 amide bonds. The molecule has 0 radical (unpaired) electrons. The van der Waals surface area contributed by atoms with Crippen molar-refractivity contribution in [1.29, 1.82) is 0 Å². The number of fused-ring (bicyclic) bond motifs is 5. The zero-order valence-corrected chi connectivity index (χ0v) is 29.3. The Kier molecular flexibility index (Phi) is 8.76. The second-order valence-electron chi connectivity index (χ2n) is 14.1. The zero-order chi connectivity index (χ0) is 34.4. The highest BCUT2D eigenvalue weighted by Crippen LogP contribution is 2.32. The van der Waals surface area contributed by atoms with Crippen LogP contribution >= 0.6 is 0 Å². The molecule has 11 heteroatoms. The molecule has 0 saturated carbocycles. The predicted molar refractivity (Wildman–Crippen MR) is 189 cm³/mol. The summed E-state index contributed by atoms with van der Waals surface area (Å²) in [7, 11) is -4.17. The van der Waals surface area contributed by atoms with Gasteiger partial charge in [-0.2, -0.15) is 4.98 Å². The lowest BCUT2D eigenvalue weighted by Gasteiger charge is -2.35. The van der Waals surface area contributed by atoms with Crippen LogP contribution in [-0.4, -0.2) is 51.2 Å². The van der Waals surface area contributed by atoms with Gasteiger partial charge in [0, 0.05) is 31.0 Å². The summed E-state index contributed by atoms with van der Waals surface area (Å²) in [5.74, 6) is 0.0323. The van der Waals surface area contributed by atoms with Crippen LogP contribution in [0.25, 0.3) is 16.9 Å². The van der Waals surface area contributed by atoms with Crippen molar-refractivity contribution in [3.63, 3.8) is 0 Å². The third-order valence-electron chi connectivity index (χ3n) is 8.55. The van der Waals surface area contributed by atoms with Gasteiger partial charge in [0.2, 0.25) is 11.8 Å². The maximum Gasteiger partial charge on any atom is 0.264 e. The Morgan fingerprint density at radius 2 is 1.73 bits per heavy atom. The fourth-order valence-electron chi connectivity index (χ4n) is 6.33. The molecule has 1 aliphatic rings. The number of anilines is 1. The van der Waals surface area contributed by atoms with Gasteiger partial charge < -0.3 is 14.0 Å². The molecule has 252 valence electrons. The van der Waals surface area contributed by atoms with Gasteiger partial charge in [-0.05, 0) is 72.6 Å². The number of carbonyl (C=O) groups is 1. The van der Waals surface area contributed by atoms with Gasteiger partial charge in [0.25, 0.3) is 15.9 Å². The fraction of sp³-hybridized carbons (Fsp3) is 0.351. The van der Waals surface area contributed by atoms with Crippen LogP contribution in [0.5, 0.6) is 5.88 Å². The summed E-state index contributed by atoms with van der Waals surface area (Å²) < 4.78 is 38.3. The number of aryl methyl sites for hydroxylation is 2. The third kappa shape index (κ3) is 6.92. The third-order valence-corrected chi connectivity index (χ3v) is 9.87. The van der Waals surface area contributed by atoms with Crippen LogP contribution in [0.2, 0.25) is 0 Å². The highest BCUT2D eigenvalue weighted by molar-refractivity contribution is 7.92. The fourth-order valence-corrected chi connectivity index (χ4v) is 7.32. The molecule has 1 N–H and O–H groups in total. The van der Waals surface area contributed by atoms with Gasteiger partial charge in [-0.15, -0.1) is 0 Å². The molecule has 4 heterocycles. The largest absolute Gasteiger partial charge is 0.475 e. The number of aromatic nitrogens is 4. The Morgan fingerprint density at radius 1 is 1.00 bits per heavy atom. The Hall–Kier alpha value is -4.77. The lowest BCUT2D eigenvalue weighted by molar-refractivity contribution is 0.0509. The normalized spacial score (nSPS) is 16.5. The predicted octanol–water partition coefficient (Wildman–Crippen LogP) is 7.42. The minimum atomic E-state index is -4.17. The minimum Gasteiger partial charge on any atom is -0.475 e. The van der Waals surface area contributed by atoms with Gasteiger partial charge in [0.05, 0.1) is 28.9 Å². The quantitative estimate of drug-likeness (QED) is 0.207. The summed E-state index contributed by atoms with van der Waals surface area (Å²) in [4.78, 5) is 30.3. The Labute approximate surface area is 283 Å². The van der Waals surface area contributed by atoms with Crippen molar-refractivity contribution in [3.8, 4) is 17.1 Å². The number of nitrogens with one attached hydrogen (secondary N) is 1. The van der Waals surface area contributed by atoms with E-state index in [-0.39, 0.29) is 54.1 Å². The second kappa shape index (κ2) is 12.7. The van der Waals surface area contributed by atoms with Crippen molar-refractivity contribution >= 4 is 27.5 Å². The van der Waals surface area contributed by atoms with E-state index in [1.54, 1.807) is 23.1 Å². The first kappa shape index (κ1) is 33.1. The van der Waals surface area contributed by atoms with Crippen LogP contribution in [0.4, 0.5) is 5.95 Å². The van der Waals surface area contributed by atoms with E-state index in [0.29, 0.717) is 17.8 Å². The van der Waals surface area contributed by atoms with E-state index in [9.17, 15) is 13.2 Å². The van der Waals surface area contributed by atoms with Crippen LogP contribution in [0.1, 0.15) is 81.1 Å². The number of sulfonamides is 1. The number of pyridine rings is 1. The molecule has 3 aromatic heterocycles. The molecule has 5 aromatic rings. The maximum atomic E-state index is 14.5. The molecule has 1 atom stereocenters. The molecule has 0 spiro atoms. The molecule has 2 aromatic carbocycles. The molecular weight excluding hydrogens is 625 g/mol. The Bertz CT molecular complexity index is 2100. The van der Waals surface area contributed by atoms with Crippen molar-refractivity contribution in [2.75, 3.05) is 11.3 Å². The van der Waals surface area contributed by atoms with Gasteiger partial charge >= 0.3 is 0 Å². The molecule has 0 aliphatic carbocycles. The summed E-state index contributed by atoms with van der Waals surface area (Å²) in [5, 5.41) is 0. The summed E-state index contributed by atoms with van der Waals surface area (Å²) >= 11 is 0. The highest BCUT2D eigenvalue weighted by Gasteiger charge is 2.32. The second-order valence-corrected chi connectivity index (χ2v) is 15.7. The summed E-state index contributed by atoms with van der Waals surface area (Å²) in [5.41, 5.74) is 6.09. The molecule has 0 saturated heterocycles. The number of hydrogen-bond donors (Lipinski definition) is 1. The molecule has 1 aliphatic heterocycles. The number of carbonyl (C=O) groups excluding carboxylic acids is 1. The number of hydrogen-bond acceptors (Lipinski definition) is 7. The van der Waals surface area contributed by atoms with Crippen molar-refractivity contribution in [3.05, 3.63) is 101 Å². The maximum absolute atomic E-state index is 14.5. The monoisotopic (exact) mass is 668 g/mol. The summed E-state index contributed by atoms with van der Waals surface area (Å²) in [6.07, 6.45) is 4.50. The number of benzene rings is 2. The lowest BCUT2D eigenvalue weighted by Crippen LogP contribution is -2.45. The van der Waals surface area contributed by atoms with Crippen LogP contribution < -0.4 is 9.46 Å². The average molecular weight is 669 g/mol. The van der Waals surface area contributed by atoms with Crippen LogP contribution in [0, 0.1) is 19.3 Å². The standard InChI is InChI=1S/C37H42N6O4S.H2/c1-23(2)30-15-10-16-42-20-27(38-34(30)42)21-43-28(19-37(5,6)7)22-47-32-18-31(33-24(3)11-8-12-25(33)4)39-36(40-32)41-48(45,46)29-14-9-13-26(17-29)35(43)44;/h8-18,20,23,28H,19,21-22H2,1-7H3,(H,39,40,41);1H/t28-;/m1./s1. The van der Waals surface area contributed by atoms with Gasteiger partial charge in [-0.3, -0.25) is 4.79 Å². The van der Waals surface area contributed by atoms with E-state index in [1.165, 1.54) is 12.1 Å².